The number of nitrogens with zero attached hydrogens (tertiary/aromatic N) is 2. The summed E-state index contributed by atoms with van der Waals surface area (Å²) in [7, 11) is 0. The highest BCUT2D eigenvalue weighted by Gasteiger charge is 2.18. The first-order chi connectivity index (χ1) is 9.08. The molecule has 0 radical (unpaired) electrons. The van der Waals surface area contributed by atoms with E-state index >= 15 is 0 Å². The molecule has 1 heterocycles. The summed E-state index contributed by atoms with van der Waals surface area (Å²) >= 11 is 2.94. The minimum atomic E-state index is -0.924. The Hall–Kier alpha value is -1.89. The van der Waals surface area contributed by atoms with Gasteiger partial charge in [-0.15, -0.1) is 0 Å². The van der Waals surface area contributed by atoms with Crippen molar-refractivity contribution in [2.45, 2.75) is 6.54 Å². The maximum Gasteiger partial charge on any atom is 0.257 e. The molecule has 1 aromatic heterocycles. The Morgan fingerprint density at radius 2 is 2.00 bits per heavy atom. The lowest BCUT2D eigenvalue weighted by Crippen LogP contribution is -2.25. The van der Waals surface area contributed by atoms with Gasteiger partial charge >= 0.3 is 0 Å². The molecule has 0 bridgehead atoms. The highest BCUT2D eigenvalue weighted by molar-refractivity contribution is 9.10. The Morgan fingerprint density at radius 3 is 2.58 bits per heavy atom. The minimum absolute atomic E-state index is 0.0658. The highest BCUT2D eigenvalue weighted by Crippen LogP contribution is 2.19. The van der Waals surface area contributed by atoms with Crippen molar-refractivity contribution in [1.29, 1.82) is 0 Å². The van der Waals surface area contributed by atoms with E-state index in [1.54, 1.807) is 6.07 Å². The molecule has 0 aliphatic heterocycles. The molecule has 0 saturated carbocycles. The van der Waals surface area contributed by atoms with Gasteiger partial charge in [-0.1, -0.05) is 15.9 Å². The predicted molar refractivity (Wildman–Crippen MR) is 67.3 cm³/mol. The molecule has 2 rings (SSSR count). The van der Waals surface area contributed by atoms with Crippen molar-refractivity contribution in [3.63, 3.8) is 0 Å². The van der Waals surface area contributed by atoms with Crippen LogP contribution in [0.3, 0.4) is 0 Å². The van der Waals surface area contributed by atoms with E-state index in [1.165, 1.54) is 12.5 Å². The third-order valence-electron chi connectivity index (χ3n) is 2.31. The summed E-state index contributed by atoms with van der Waals surface area (Å²) in [6.07, 6.45) is 2.83. The second-order valence-electron chi connectivity index (χ2n) is 3.63. The average molecular weight is 328 g/mol. The van der Waals surface area contributed by atoms with Gasteiger partial charge in [0.1, 0.15) is 23.5 Å². The van der Waals surface area contributed by atoms with E-state index in [2.05, 4.69) is 31.2 Å². The molecule has 0 fully saturated rings. The van der Waals surface area contributed by atoms with Crippen molar-refractivity contribution in [1.82, 2.24) is 15.3 Å². The van der Waals surface area contributed by atoms with Crippen molar-refractivity contribution in [2.75, 3.05) is 0 Å². The molecule has 1 amide bonds. The van der Waals surface area contributed by atoms with E-state index in [9.17, 15) is 13.6 Å². The molecule has 2 aromatic rings. The molecule has 1 aromatic carbocycles. The number of aromatic nitrogens is 2. The molecule has 4 nitrogen and oxygen atoms in total. The first-order valence-corrected chi connectivity index (χ1v) is 6.05. The van der Waals surface area contributed by atoms with Crippen LogP contribution in [0.2, 0.25) is 0 Å². The predicted octanol–water partition coefficient (Wildman–Crippen LogP) is 2.45. The van der Waals surface area contributed by atoms with Crippen molar-refractivity contribution in [3.05, 3.63) is 58.1 Å². The molecule has 98 valence electrons. The molecular formula is C12H8BrF2N3O. The van der Waals surface area contributed by atoms with Gasteiger partial charge in [0.2, 0.25) is 0 Å². The van der Waals surface area contributed by atoms with E-state index < -0.39 is 23.1 Å². The Balaban J connectivity index is 2.13. The molecule has 0 unspecified atom stereocenters. The van der Waals surface area contributed by atoms with Crippen molar-refractivity contribution < 1.29 is 13.6 Å². The first kappa shape index (κ1) is 13.5. The van der Waals surface area contributed by atoms with E-state index in [1.807, 2.05) is 0 Å². The number of carbonyl (C=O) groups is 1. The van der Waals surface area contributed by atoms with Gasteiger partial charge in [0.05, 0.1) is 12.2 Å². The van der Waals surface area contributed by atoms with Crippen LogP contribution in [0.25, 0.3) is 0 Å². The summed E-state index contributed by atoms with van der Waals surface area (Å²) in [5.41, 5.74) is -0.0708. The quantitative estimate of drug-likeness (QED) is 0.942. The number of benzene rings is 1. The zero-order chi connectivity index (χ0) is 13.8. The number of rotatable bonds is 3. The Bertz CT molecular complexity index is 584. The fraction of sp³-hybridized carbons (Fsp3) is 0.0833. The maximum atomic E-state index is 13.5. The number of amides is 1. The summed E-state index contributed by atoms with van der Waals surface area (Å²) in [4.78, 5) is 19.3. The minimum Gasteiger partial charge on any atom is -0.346 e. The van der Waals surface area contributed by atoms with Crippen LogP contribution in [-0.2, 0) is 6.54 Å². The Labute approximate surface area is 116 Å². The number of nitrogens with one attached hydrogen (secondary N) is 1. The van der Waals surface area contributed by atoms with Gasteiger partial charge in [-0.25, -0.2) is 18.7 Å². The zero-order valence-corrected chi connectivity index (χ0v) is 11.1. The normalized spacial score (nSPS) is 10.3. The molecule has 1 N–H and O–H groups in total. The van der Waals surface area contributed by atoms with Crippen LogP contribution in [0.15, 0.2) is 35.2 Å². The summed E-state index contributed by atoms with van der Waals surface area (Å²) in [6.45, 7) is 0.0658. The smallest absolute Gasteiger partial charge is 0.257 e. The standard InChI is InChI=1S/C12H8BrF2N3O/c13-7-3-9(14)11(10(15)4-7)12(19)17-5-8-1-2-16-6-18-8/h1-4,6H,5H2,(H,17,19). The summed E-state index contributed by atoms with van der Waals surface area (Å²) in [5, 5.41) is 2.39. The SMILES string of the molecule is O=C(NCc1ccncn1)c1c(F)cc(Br)cc1F. The topological polar surface area (TPSA) is 54.9 Å². The van der Waals surface area contributed by atoms with E-state index in [0.29, 0.717) is 5.69 Å². The molecule has 0 atom stereocenters. The maximum absolute atomic E-state index is 13.5. The summed E-state index contributed by atoms with van der Waals surface area (Å²) in [6, 6.07) is 3.65. The number of hydrogen-bond donors (Lipinski definition) is 1. The van der Waals surface area contributed by atoms with Crippen molar-refractivity contribution >= 4 is 21.8 Å². The van der Waals surface area contributed by atoms with Gasteiger partial charge in [0, 0.05) is 10.7 Å². The Morgan fingerprint density at radius 1 is 1.32 bits per heavy atom. The van der Waals surface area contributed by atoms with Gasteiger partial charge in [-0.2, -0.15) is 0 Å². The molecule has 0 aliphatic carbocycles. The van der Waals surface area contributed by atoms with Crippen LogP contribution >= 0.6 is 15.9 Å². The van der Waals surface area contributed by atoms with Crippen LogP contribution in [0, 0.1) is 11.6 Å². The number of carbonyl (C=O) groups excluding carboxylic acids is 1. The molecule has 7 heteroatoms. The fourth-order valence-corrected chi connectivity index (χ4v) is 1.84. The van der Waals surface area contributed by atoms with E-state index in [-0.39, 0.29) is 11.0 Å². The van der Waals surface area contributed by atoms with Crippen molar-refractivity contribution in [3.8, 4) is 0 Å². The molecule has 0 spiro atoms. The molecular weight excluding hydrogens is 320 g/mol. The molecule has 0 aliphatic rings. The molecule has 19 heavy (non-hydrogen) atoms. The second-order valence-corrected chi connectivity index (χ2v) is 4.54. The van der Waals surface area contributed by atoms with Gasteiger partial charge in [0.25, 0.3) is 5.91 Å². The fourth-order valence-electron chi connectivity index (χ4n) is 1.44. The second kappa shape index (κ2) is 5.83. The number of halogens is 3. The first-order valence-electron chi connectivity index (χ1n) is 5.25. The van der Waals surface area contributed by atoms with Crippen LogP contribution in [-0.4, -0.2) is 15.9 Å². The highest BCUT2D eigenvalue weighted by atomic mass is 79.9. The molecule has 0 saturated heterocycles. The lowest BCUT2D eigenvalue weighted by Gasteiger charge is -2.07. The third-order valence-corrected chi connectivity index (χ3v) is 2.77. The average Bonchev–Trinajstić information content (AvgIpc) is 2.36. The van der Waals surface area contributed by atoms with Crippen molar-refractivity contribution in [2.24, 2.45) is 0 Å². The number of hydrogen-bond acceptors (Lipinski definition) is 3. The largest absolute Gasteiger partial charge is 0.346 e. The van der Waals surface area contributed by atoms with Crippen LogP contribution in [0.5, 0.6) is 0 Å². The van der Waals surface area contributed by atoms with Gasteiger partial charge in [0.15, 0.2) is 0 Å². The Kier molecular flexibility index (Phi) is 4.16. The van der Waals surface area contributed by atoms with E-state index in [0.717, 1.165) is 12.1 Å². The zero-order valence-electron chi connectivity index (χ0n) is 9.53. The van der Waals surface area contributed by atoms with Crippen LogP contribution in [0.4, 0.5) is 8.78 Å². The summed E-state index contributed by atoms with van der Waals surface area (Å²) in [5.74, 6) is -2.68. The monoisotopic (exact) mass is 327 g/mol. The third kappa shape index (κ3) is 3.31. The lowest BCUT2D eigenvalue weighted by atomic mass is 10.2. The van der Waals surface area contributed by atoms with Crippen LogP contribution in [0.1, 0.15) is 16.1 Å². The van der Waals surface area contributed by atoms with Gasteiger partial charge in [-0.05, 0) is 18.2 Å². The van der Waals surface area contributed by atoms with E-state index in [4.69, 9.17) is 0 Å². The van der Waals surface area contributed by atoms with Gasteiger partial charge < -0.3 is 5.32 Å². The summed E-state index contributed by atoms with van der Waals surface area (Å²) < 4.78 is 27.3. The van der Waals surface area contributed by atoms with Gasteiger partial charge in [-0.3, -0.25) is 4.79 Å². The van der Waals surface area contributed by atoms with Crippen LogP contribution < -0.4 is 5.32 Å². The lowest BCUT2D eigenvalue weighted by molar-refractivity contribution is 0.0942.